The molecule has 0 aromatic heterocycles. The first-order chi connectivity index (χ1) is 4.35. The molecule has 0 rings (SSSR count). The molecule has 0 bridgehead atoms. The minimum Gasteiger partial charge on any atom is -0.379 e. The van der Waals surface area contributed by atoms with Gasteiger partial charge in [-0.05, 0) is 6.92 Å². The Bertz CT molecular complexity index is 138. The fraction of sp³-hybridized carbons (Fsp3) is 0.333. The molecule has 0 amide bonds. The summed E-state index contributed by atoms with van der Waals surface area (Å²) in [6.45, 7) is 1.76. The van der Waals surface area contributed by atoms with Crippen LogP contribution < -0.4 is 5.32 Å². The number of nitrogens with zero attached hydrogens (tertiary/aromatic N) is 1. The van der Waals surface area contributed by atoms with Crippen molar-refractivity contribution in [2.75, 3.05) is 7.05 Å². The zero-order valence-electron chi connectivity index (χ0n) is 5.59. The fourth-order valence-electron chi connectivity index (χ4n) is 0.312. The molecule has 0 aliphatic heterocycles. The number of allylic oxidation sites excluding steroid dienone is 2. The highest BCUT2D eigenvalue weighted by molar-refractivity contribution is 5.75. The minimum atomic E-state index is 0.435. The maximum atomic E-state index is 10.0. The van der Waals surface area contributed by atoms with Gasteiger partial charge in [-0.1, -0.05) is 6.08 Å². The highest BCUT2D eigenvalue weighted by Gasteiger charge is 1.82. The highest BCUT2D eigenvalue weighted by Crippen LogP contribution is 1.86. The summed E-state index contributed by atoms with van der Waals surface area (Å²) in [7, 11) is 1.72. The second kappa shape index (κ2) is 5.03. The van der Waals surface area contributed by atoms with Crippen LogP contribution >= 0.6 is 0 Å². The molecule has 0 atom stereocenters. The summed E-state index contributed by atoms with van der Waals surface area (Å²) >= 11 is 0. The Labute approximate surface area is 54.5 Å². The van der Waals surface area contributed by atoms with Crippen LogP contribution in [0.3, 0.4) is 0 Å². The van der Waals surface area contributed by atoms with Crippen molar-refractivity contribution in [1.82, 2.24) is 5.32 Å². The van der Waals surface area contributed by atoms with E-state index in [0.717, 1.165) is 0 Å². The standard InChI is InChI=1S/C6H10N2O/c1-3-6(4-9)8-5-7-2/h3-5H,1-2H3,(H,7,8)/b6-3-. The molecule has 50 valence electrons. The molecule has 0 aromatic rings. The van der Waals surface area contributed by atoms with Crippen molar-refractivity contribution in [2.45, 2.75) is 6.92 Å². The number of aldehydes is 1. The molecule has 3 nitrogen and oxygen atoms in total. The molecular formula is C6H10N2O. The molecule has 0 aliphatic rings. The van der Waals surface area contributed by atoms with Gasteiger partial charge in [0.05, 0.1) is 6.34 Å². The van der Waals surface area contributed by atoms with Gasteiger partial charge >= 0.3 is 0 Å². The van der Waals surface area contributed by atoms with E-state index < -0.39 is 0 Å². The van der Waals surface area contributed by atoms with Crippen LogP contribution in [0.1, 0.15) is 6.92 Å². The zero-order chi connectivity index (χ0) is 7.11. The van der Waals surface area contributed by atoms with E-state index in [4.69, 9.17) is 0 Å². The summed E-state index contributed by atoms with van der Waals surface area (Å²) in [6.07, 6.45) is 3.80. The number of hydrogen-bond donors (Lipinski definition) is 1. The third-order valence-electron chi connectivity index (χ3n) is 0.759. The van der Waals surface area contributed by atoms with Crippen LogP contribution in [0.2, 0.25) is 0 Å². The summed E-state index contributed by atoms with van der Waals surface area (Å²) < 4.78 is 0. The van der Waals surface area contributed by atoms with Crippen LogP contribution in [0, 0.1) is 0 Å². The number of hydrogen-bond acceptors (Lipinski definition) is 2. The van der Waals surface area contributed by atoms with E-state index in [1.165, 1.54) is 6.34 Å². The second-order valence-electron chi connectivity index (χ2n) is 1.38. The van der Waals surface area contributed by atoms with Crippen molar-refractivity contribution in [2.24, 2.45) is 4.99 Å². The van der Waals surface area contributed by atoms with Gasteiger partial charge in [0.2, 0.25) is 0 Å². The lowest BCUT2D eigenvalue weighted by Gasteiger charge is -1.85. The number of aliphatic imine (C=N–C) groups is 1. The molecular weight excluding hydrogens is 116 g/mol. The molecule has 0 fully saturated rings. The predicted molar refractivity (Wildman–Crippen MR) is 37.4 cm³/mol. The third kappa shape index (κ3) is 3.46. The smallest absolute Gasteiger partial charge is 0.168 e. The molecule has 0 aliphatic carbocycles. The topological polar surface area (TPSA) is 41.5 Å². The number of carbonyl (C=O) groups is 1. The van der Waals surface area contributed by atoms with Crippen LogP contribution in [-0.4, -0.2) is 19.7 Å². The Kier molecular flexibility index (Phi) is 4.40. The number of carbonyl (C=O) groups excluding carboxylic acids is 1. The van der Waals surface area contributed by atoms with Gasteiger partial charge in [-0.25, -0.2) is 4.99 Å². The Morgan fingerprint density at radius 1 is 1.67 bits per heavy atom. The van der Waals surface area contributed by atoms with Crippen LogP contribution in [0.15, 0.2) is 16.8 Å². The summed E-state index contributed by atoms with van der Waals surface area (Å²) in [5.74, 6) is 0. The van der Waals surface area contributed by atoms with Gasteiger partial charge in [0.1, 0.15) is 5.70 Å². The van der Waals surface area contributed by atoms with Gasteiger partial charge < -0.3 is 5.32 Å². The molecule has 0 heterocycles. The monoisotopic (exact) mass is 126 g/mol. The van der Waals surface area contributed by atoms with E-state index in [9.17, 15) is 4.79 Å². The lowest BCUT2D eigenvalue weighted by Crippen LogP contribution is -2.00. The molecule has 0 aromatic carbocycles. The first-order valence-corrected chi connectivity index (χ1v) is 2.66. The van der Waals surface area contributed by atoms with Crippen LogP contribution in [0.4, 0.5) is 0 Å². The molecule has 1 N–H and O–H groups in total. The second-order valence-corrected chi connectivity index (χ2v) is 1.38. The fourth-order valence-corrected chi connectivity index (χ4v) is 0.312. The van der Waals surface area contributed by atoms with Crippen molar-refractivity contribution >= 4 is 12.6 Å². The number of nitrogens with one attached hydrogen (secondary N) is 1. The number of rotatable bonds is 3. The molecule has 0 saturated carbocycles. The van der Waals surface area contributed by atoms with Crippen LogP contribution in [-0.2, 0) is 4.79 Å². The summed E-state index contributed by atoms with van der Waals surface area (Å²) in [5, 5.41) is 2.68. The maximum absolute atomic E-state index is 10.0. The largest absolute Gasteiger partial charge is 0.379 e. The molecule has 3 heteroatoms. The predicted octanol–water partition coefficient (Wildman–Crippen LogP) is 0.337. The van der Waals surface area contributed by atoms with Gasteiger partial charge in [0, 0.05) is 7.05 Å². The summed E-state index contributed by atoms with van der Waals surface area (Å²) in [5.41, 5.74) is 0.435. The van der Waals surface area contributed by atoms with Crippen molar-refractivity contribution in [3.05, 3.63) is 11.8 Å². The molecule has 0 saturated heterocycles. The summed E-state index contributed by atoms with van der Waals surface area (Å²) in [6, 6.07) is 0. The summed E-state index contributed by atoms with van der Waals surface area (Å²) in [4.78, 5) is 13.8. The quantitative estimate of drug-likeness (QED) is 0.256. The van der Waals surface area contributed by atoms with Gasteiger partial charge in [-0.2, -0.15) is 0 Å². The van der Waals surface area contributed by atoms with Gasteiger partial charge in [-0.15, -0.1) is 0 Å². The van der Waals surface area contributed by atoms with Crippen molar-refractivity contribution in [3.63, 3.8) is 0 Å². The Balaban J connectivity index is 3.84. The third-order valence-corrected chi connectivity index (χ3v) is 0.759. The average molecular weight is 126 g/mol. The molecule has 9 heavy (non-hydrogen) atoms. The van der Waals surface area contributed by atoms with E-state index >= 15 is 0 Å². The first kappa shape index (κ1) is 7.88. The van der Waals surface area contributed by atoms with E-state index in [-0.39, 0.29) is 0 Å². The normalized spacial score (nSPS) is 12.0. The van der Waals surface area contributed by atoms with E-state index in [1.807, 2.05) is 0 Å². The minimum absolute atomic E-state index is 0.435. The van der Waals surface area contributed by atoms with Crippen LogP contribution in [0.5, 0.6) is 0 Å². The highest BCUT2D eigenvalue weighted by atomic mass is 16.1. The average Bonchev–Trinajstić information content (AvgIpc) is 1.91. The Morgan fingerprint density at radius 3 is 2.67 bits per heavy atom. The van der Waals surface area contributed by atoms with E-state index in [2.05, 4.69) is 10.3 Å². The van der Waals surface area contributed by atoms with E-state index in [1.54, 1.807) is 20.0 Å². The Hall–Kier alpha value is -1.12. The molecule has 0 unspecified atom stereocenters. The first-order valence-electron chi connectivity index (χ1n) is 2.66. The molecule has 0 radical (unpaired) electrons. The van der Waals surface area contributed by atoms with Crippen molar-refractivity contribution in [1.29, 1.82) is 0 Å². The van der Waals surface area contributed by atoms with Gasteiger partial charge in [-0.3, -0.25) is 4.79 Å². The zero-order valence-corrected chi connectivity index (χ0v) is 5.59. The molecule has 0 spiro atoms. The van der Waals surface area contributed by atoms with Crippen LogP contribution in [0.25, 0.3) is 0 Å². The Morgan fingerprint density at radius 2 is 2.33 bits per heavy atom. The van der Waals surface area contributed by atoms with E-state index in [0.29, 0.717) is 12.0 Å². The lowest BCUT2D eigenvalue weighted by molar-refractivity contribution is -0.104. The van der Waals surface area contributed by atoms with Crippen molar-refractivity contribution < 1.29 is 4.79 Å². The maximum Gasteiger partial charge on any atom is 0.168 e. The van der Waals surface area contributed by atoms with Crippen molar-refractivity contribution in [3.8, 4) is 0 Å². The lowest BCUT2D eigenvalue weighted by atomic mass is 10.5. The van der Waals surface area contributed by atoms with Gasteiger partial charge in [0.25, 0.3) is 0 Å². The van der Waals surface area contributed by atoms with Gasteiger partial charge in [0.15, 0.2) is 6.29 Å². The SMILES string of the molecule is C/C=C(C=O)\N=C/NC.